The van der Waals surface area contributed by atoms with Crippen LogP contribution in [-0.4, -0.2) is 103 Å². The van der Waals surface area contributed by atoms with Gasteiger partial charge in [-0.15, -0.1) is 0 Å². The van der Waals surface area contributed by atoms with Gasteiger partial charge in [-0.2, -0.15) is 0 Å². The van der Waals surface area contributed by atoms with Gasteiger partial charge in [0.2, 0.25) is 0 Å². The Hall–Kier alpha value is -1.54. The van der Waals surface area contributed by atoms with Crippen molar-refractivity contribution in [3.05, 3.63) is 0 Å². The van der Waals surface area contributed by atoms with E-state index < -0.39 is 0 Å². The van der Waals surface area contributed by atoms with Crippen molar-refractivity contribution in [3.63, 3.8) is 0 Å². The lowest BCUT2D eigenvalue weighted by Crippen LogP contribution is -2.39. The zero-order valence-electron chi connectivity index (χ0n) is 20.4. The third-order valence-corrected chi connectivity index (χ3v) is 4.63. The summed E-state index contributed by atoms with van der Waals surface area (Å²) >= 11 is 0. The fourth-order valence-electron chi connectivity index (χ4n) is 2.62. The fraction of sp³-hybridized carbons (Fsp3) is 0.909. The number of unbranched alkanes of at least 4 members (excludes halogenated alkanes) is 7. The zero-order chi connectivity index (χ0) is 22.9. The Morgan fingerprint density at radius 2 is 0.867 bits per heavy atom. The lowest BCUT2D eigenvalue weighted by atomic mass is 10.1. The maximum Gasteiger partial charge on any atom is 0.407 e. The second-order valence-electron chi connectivity index (χ2n) is 9.98. The van der Waals surface area contributed by atoms with E-state index in [0.717, 1.165) is 47.7 Å². The summed E-state index contributed by atoms with van der Waals surface area (Å²) in [6.07, 6.45) is 8.42. The average molecular weight is 433 g/mol. The first-order valence-electron chi connectivity index (χ1n) is 11.4. The van der Waals surface area contributed by atoms with Gasteiger partial charge in [0.25, 0.3) is 0 Å². The quantitative estimate of drug-likeness (QED) is 0.274. The van der Waals surface area contributed by atoms with Crippen LogP contribution in [-0.2, 0) is 9.47 Å². The standard InChI is InChI=1S/C22H46N4O4/c1-25(2,3)17-19-29-21(27)23-15-13-11-9-7-8-10-12-14-16-24-22(28)30-20-18-26(4,5)6/h7-20H2,1-6H3/p+2. The highest BCUT2D eigenvalue weighted by atomic mass is 16.6. The summed E-state index contributed by atoms with van der Waals surface area (Å²) in [5.41, 5.74) is 0. The molecule has 0 bridgehead atoms. The van der Waals surface area contributed by atoms with E-state index in [0.29, 0.717) is 26.3 Å². The lowest BCUT2D eigenvalue weighted by molar-refractivity contribution is -0.870. The Bertz CT molecular complexity index is 417. The number of amides is 2. The molecular formula is C22H48N4O4+2. The molecule has 8 heteroatoms. The van der Waals surface area contributed by atoms with Crippen molar-refractivity contribution in [3.8, 4) is 0 Å². The molecule has 0 radical (unpaired) electrons. The molecule has 30 heavy (non-hydrogen) atoms. The molecule has 0 aromatic rings. The highest BCUT2D eigenvalue weighted by Crippen LogP contribution is 2.08. The van der Waals surface area contributed by atoms with Crippen molar-refractivity contribution in [1.29, 1.82) is 0 Å². The molecule has 0 saturated heterocycles. The minimum atomic E-state index is -0.311. The van der Waals surface area contributed by atoms with Crippen molar-refractivity contribution in [1.82, 2.24) is 10.6 Å². The summed E-state index contributed by atoms with van der Waals surface area (Å²) in [6, 6.07) is 0. The highest BCUT2D eigenvalue weighted by Gasteiger charge is 2.09. The number of nitrogens with one attached hydrogen (secondary N) is 2. The number of nitrogens with zero attached hydrogens (tertiary/aromatic N) is 2. The molecule has 2 amide bonds. The summed E-state index contributed by atoms with van der Waals surface area (Å²) in [5.74, 6) is 0. The van der Waals surface area contributed by atoms with Crippen molar-refractivity contribution >= 4 is 12.2 Å². The van der Waals surface area contributed by atoms with Crippen molar-refractivity contribution < 1.29 is 28.0 Å². The zero-order valence-corrected chi connectivity index (χ0v) is 20.4. The number of carbonyl (C=O) groups excluding carboxylic acids is 2. The van der Waals surface area contributed by atoms with Gasteiger partial charge in [-0.3, -0.25) is 0 Å². The summed E-state index contributed by atoms with van der Waals surface area (Å²) in [4.78, 5) is 23.1. The van der Waals surface area contributed by atoms with Crippen LogP contribution < -0.4 is 10.6 Å². The first-order chi connectivity index (χ1) is 14.0. The Morgan fingerprint density at radius 1 is 0.567 bits per heavy atom. The third-order valence-electron chi connectivity index (χ3n) is 4.63. The number of rotatable bonds is 17. The molecule has 0 aromatic heterocycles. The van der Waals surface area contributed by atoms with Crippen LogP contribution in [0, 0.1) is 0 Å². The molecule has 0 spiro atoms. The van der Waals surface area contributed by atoms with Gasteiger partial charge in [0.05, 0.1) is 42.3 Å². The smallest absolute Gasteiger partial charge is 0.407 e. The van der Waals surface area contributed by atoms with Gasteiger partial charge >= 0.3 is 12.2 Å². The Kier molecular flexibility index (Phi) is 15.4. The number of quaternary nitrogens is 2. The predicted octanol–water partition coefficient (Wildman–Crippen LogP) is 2.97. The largest absolute Gasteiger partial charge is 0.444 e. The van der Waals surface area contributed by atoms with Crippen LogP contribution in [0.4, 0.5) is 9.59 Å². The van der Waals surface area contributed by atoms with Crippen molar-refractivity contribution in [2.45, 2.75) is 51.4 Å². The maximum absolute atomic E-state index is 11.5. The normalized spacial score (nSPS) is 11.8. The molecule has 0 atom stereocenters. The third kappa shape index (κ3) is 22.7. The summed E-state index contributed by atoms with van der Waals surface area (Å²) in [7, 11) is 12.4. The SMILES string of the molecule is C[N+](C)(C)CCOC(=O)NCCCCCCCCCCNC(=O)OCC[N+](C)(C)C. The fourth-order valence-corrected chi connectivity index (χ4v) is 2.62. The van der Waals surface area contributed by atoms with E-state index in [9.17, 15) is 9.59 Å². The van der Waals surface area contributed by atoms with Crippen molar-refractivity contribution in [2.75, 3.05) is 81.7 Å². The minimum absolute atomic E-state index is 0.311. The highest BCUT2D eigenvalue weighted by molar-refractivity contribution is 5.67. The van der Waals surface area contributed by atoms with Crippen molar-refractivity contribution in [2.24, 2.45) is 0 Å². The first kappa shape index (κ1) is 28.5. The van der Waals surface area contributed by atoms with Crippen LogP contribution in [0.15, 0.2) is 0 Å². The molecule has 0 rings (SSSR count). The van der Waals surface area contributed by atoms with E-state index in [1.165, 1.54) is 25.7 Å². The topological polar surface area (TPSA) is 76.7 Å². The van der Waals surface area contributed by atoms with Gasteiger partial charge in [-0.25, -0.2) is 9.59 Å². The number of alkyl carbamates (subject to hydrolysis) is 2. The number of likely N-dealkylation sites (N-methyl/N-ethyl adjacent to an activating group) is 2. The van der Waals surface area contributed by atoms with Gasteiger partial charge in [0.1, 0.15) is 26.3 Å². The van der Waals surface area contributed by atoms with Crippen LogP contribution in [0.1, 0.15) is 51.4 Å². The van der Waals surface area contributed by atoms with Gasteiger partial charge in [0.15, 0.2) is 0 Å². The second kappa shape index (κ2) is 16.2. The van der Waals surface area contributed by atoms with Crippen LogP contribution >= 0.6 is 0 Å². The number of ether oxygens (including phenoxy) is 2. The maximum atomic E-state index is 11.5. The van der Waals surface area contributed by atoms with Gasteiger partial charge in [-0.1, -0.05) is 38.5 Å². The van der Waals surface area contributed by atoms with E-state index in [4.69, 9.17) is 9.47 Å². The van der Waals surface area contributed by atoms with Crippen LogP contribution in [0.5, 0.6) is 0 Å². The first-order valence-corrected chi connectivity index (χ1v) is 11.4. The molecule has 0 aliphatic heterocycles. The minimum Gasteiger partial charge on any atom is -0.444 e. The Morgan fingerprint density at radius 3 is 1.17 bits per heavy atom. The molecule has 0 heterocycles. The number of hydrogen-bond acceptors (Lipinski definition) is 4. The summed E-state index contributed by atoms with van der Waals surface area (Å²) in [6.45, 7) is 3.87. The van der Waals surface area contributed by atoms with Gasteiger partial charge in [0, 0.05) is 13.1 Å². The summed E-state index contributed by atoms with van der Waals surface area (Å²) < 4.78 is 11.9. The number of hydrogen-bond donors (Lipinski definition) is 2. The Labute approximate surface area is 184 Å². The summed E-state index contributed by atoms with van der Waals surface area (Å²) in [5, 5.41) is 5.62. The van der Waals surface area contributed by atoms with E-state index in [-0.39, 0.29) is 12.2 Å². The predicted molar refractivity (Wildman–Crippen MR) is 121 cm³/mol. The second-order valence-corrected chi connectivity index (χ2v) is 9.98. The molecule has 0 aliphatic carbocycles. The molecule has 178 valence electrons. The molecule has 0 fully saturated rings. The number of carbonyl (C=O) groups is 2. The van der Waals surface area contributed by atoms with E-state index in [1.54, 1.807) is 0 Å². The molecule has 0 aromatic carbocycles. The van der Waals surface area contributed by atoms with Gasteiger partial charge < -0.3 is 29.1 Å². The van der Waals surface area contributed by atoms with E-state index >= 15 is 0 Å². The molecule has 0 unspecified atom stereocenters. The van der Waals surface area contributed by atoms with Crippen LogP contribution in [0.3, 0.4) is 0 Å². The monoisotopic (exact) mass is 432 g/mol. The van der Waals surface area contributed by atoms with Gasteiger partial charge in [-0.05, 0) is 12.8 Å². The van der Waals surface area contributed by atoms with E-state index in [1.807, 2.05) is 0 Å². The molecule has 0 aliphatic rings. The molecular weight excluding hydrogens is 384 g/mol. The average Bonchev–Trinajstić information content (AvgIpc) is 2.60. The molecule has 8 nitrogen and oxygen atoms in total. The van der Waals surface area contributed by atoms with E-state index in [2.05, 4.69) is 52.9 Å². The molecule has 2 N–H and O–H groups in total. The Balaban J connectivity index is 3.31. The van der Waals surface area contributed by atoms with Crippen LogP contribution in [0.2, 0.25) is 0 Å². The van der Waals surface area contributed by atoms with Crippen LogP contribution in [0.25, 0.3) is 0 Å². The molecule has 0 saturated carbocycles. The lowest BCUT2D eigenvalue weighted by Gasteiger charge is -2.23.